The van der Waals surface area contributed by atoms with Crippen molar-refractivity contribution < 1.29 is 14.3 Å². The van der Waals surface area contributed by atoms with Crippen LogP contribution in [0.3, 0.4) is 0 Å². The zero-order valence-corrected chi connectivity index (χ0v) is 13.6. The average Bonchev–Trinajstić information content (AvgIpc) is 2.57. The standard InChI is InChI=1S/C18H18ClNO3/c1-23-18(22)13-20(12-15-5-3-2-4-6-15)17(21)11-14-7-9-16(19)10-8-14/h2-10H,11-13H2,1H3. The van der Waals surface area contributed by atoms with E-state index in [2.05, 4.69) is 4.74 Å². The van der Waals surface area contributed by atoms with Crippen molar-refractivity contribution in [2.45, 2.75) is 13.0 Å². The first kappa shape index (κ1) is 17.0. The Morgan fingerprint density at radius 1 is 1.00 bits per heavy atom. The minimum absolute atomic E-state index is 0.0716. The molecule has 0 aliphatic rings. The number of rotatable bonds is 6. The van der Waals surface area contributed by atoms with Gasteiger partial charge >= 0.3 is 5.97 Å². The van der Waals surface area contributed by atoms with Gasteiger partial charge in [-0.05, 0) is 23.3 Å². The number of hydrogen-bond acceptors (Lipinski definition) is 3. The highest BCUT2D eigenvalue weighted by atomic mass is 35.5. The Bertz CT molecular complexity index is 656. The molecular formula is C18H18ClNO3. The predicted octanol–water partition coefficient (Wildman–Crippen LogP) is 3.08. The van der Waals surface area contributed by atoms with Crippen LogP contribution in [-0.2, 0) is 27.3 Å². The predicted molar refractivity (Wildman–Crippen MR) is 89.0 cm³/mol. The van der Waals surface area contributed by atoms with Crippen molar-refractivity contribution in [2.24, 2.45) is 0 Å². The first-order valence-corrected chi connectivity index (χ1v) is 7.59. The van der Waals surface area contributed by atoms with Gasteiger partial charge in [-0.1, -0.05) is 54.1 Å². The van der Waals surface area contributed by atoms with Crippen molar-refractivity contribution >= 4 is 23.5 Å². The van der Waals surface area contributed by atoms with Gasteiger partial charge in [-0.25, -0.2) is 0 Å². The summed E-state index contributed by atoms with van der Waals surface area (Å²) in [5.74, 6) is -0.577. The Kier molecular flexibility index (Phi) is 6.18. The van der Waals surface area contributed by atoms with Gasteiger partial charge in [0.2, 0.25) is 5.91 Å². The highest BCUT2D eigenvalue weighted by molar-refractivity contribution is 6.30. The van der Waals surface area contributed by atoms with Gasteiger partial charge in [-0.3, -0.25) is 9.59 Å². The second-order valence-electron chi connectivity index (χ2n) is 5.11. The van der Waals surface area contributed by atoms with Gasteiger partial charge in [0.15, 0.2) is 0 Å². The number of methoxy groups -OCH3 is 1. The molecule has 4 nitrogen and oxygen atoms in total. The summed E-state index contributed by atoms with van der Waals surface area (Å²) in [7, 11) is 1.31. The number of carbonyl (C=O) groups excluding carboxylic acids is 2. The molecule has 2 rings (SSSR count). The van der Waals surface area contributed by atoms with Gasteiger partial charge in [0, 0.05) is 11.6 Å². The SMILES string of the molecule is COC(=O)CN(Cc1ccccc1)C(=O)Cc1ccc(Cl)cc1. The number of benzene rings is 2. The number of amides is 1. The van der Waals surface area contributed by atoms with Gasteiger partial charge < -0.3 is 9.64 Å². The first-order valence-electron chi connectivity index (χ1n) is 7.21. The molecular weight excluding hydrogens is 314 g/mol. The first-order chi connectivity index (χ1) is 11.1. The van der Waals surface area contributed by atoms with Gasteiger partial charge in [0.1, 0.15) is 6.54 Å². The van der Waals surface area contributed by atoms with Crippen molar-refractivity contribution in [2.75, 3.05) is 13.7 Å². The van der Waals surface area contributed by atoms with Crippen molar-refractivity contribution in [1.82, 2.24) is 4.90 Å². The van der Waals surface area contributed by atoms with Crippen LogP contribution in [0, 0.1) is 0 Å². The van der Waals surface area contributed by atoms with Crippen LogP contribution >= 0.6 is 11.6 Å². The van der Waals surface area contributed by atoms with Crippen LogP contribution in [-0.4, -0.2) is 30.4 Å². The molecule has 0 N–H and O–H groups in total. The van der Waals surface area contributed by atoms with Crippen molar-refractivity contribution in [3.05, 3.63) is 70.7 Å². The Morgan fingerprint density at radius 3 is 2.26 bits per heavy atom. The maximum atomic E-state index is 12.5. The number of nitrogens with zero attached hydrogens (tertiary/aromatic N) is 1. The summed E-state index contributed by atoms with van der Waals surface area (Å²) in [6.45, 7) is 0.292. The Balaban J connectivity index is 2.10. The van der Waals surface area contributed by atoms with E-state index >= 15 is 0 Å². The normalized spacial score (nSPS) is 10.2. The van der Waals surface area contributed by atoms with Crippen LogP contribution in [0.5, 0.6) is 0 Å². The van der Waals surface area contributed by atoms with Crippen molar-refractivity contribution in [3.63, 3.8) is 0 Å². The molecule has 1 amide bonds. The minimum atomic E-state index is -0.439. The van der Waals surface area contributed by atoms with Crippen LogP contribution in [0.15, 0.2) is 54.6 Å². The molecule has 23 heavy (non-hydrogen) atoms. The van der Waals surface area contributed by atoms with Gasteiger partial charge in [0.05, 0.1) is 13.5 Å². The summed E-state index contributed by atoms with van der Waals surface area (Å²) < 4.78 is 4.68. The minimum Gasteiger partial charge on any atom is -0.468 e. The van der Waals surface area contributed by atoms with Crippen LogP contribution in [0.2, 0.25) is 5.02 Å². The van der Waals surface area contributed by atoms with Crippen LogP contribution in [0.25, 0.3) is 0 Å². The van der Waals surface area contributed by atoms with Crippen LogP contribution in [0.4, 0.5) is 0 Å². The molecule has 0 unspecified atom stereocenters. The van der Waals surface area contributed by atoms with Crippen LogP contribution < -0.4 is 0 Å². The molecule has 0 heterocycles. The van der Waals surface area contributed by atoms with E-state index in [4.69, 9.17) is 11.6 Å². The monoisotopic (exact) mass is 331 g/mol. The fourth-order valence-electron chi connectivity index (χ4n) is 2.15. The average molecular weight is 332 g/mol. The third kappa shape index (κ3) is 5.42. The quantitative estimate of drug-likeness (QED) is 0.764. The molecule has 0 aromatic heterocycles. The van der Waals surface area contributed by atoms with Gasteiger partial charge in [0.25, 0.3) is 0 Å². The lowest BCUT2D eigenvalue weighted by molar-refractivity contribution is -0.147. The smallest absolute Gasteiger partial charge is 0.325 e. The molecule has 0 aliphatic heterocycles. The summed E-state index contributed by atoms with van der Waals surface area (Å²) in [5.41, 5.74) is 1.81. The highest BCUT2D eigenvalue weighted by Gasteiger charge is 2.18. The lowest BCUT2D eigenvalue weighted by atomic mass is 10.1. The molecule has 0 aliphatic carbocycles. The Labute approximate surface area is 140 Å². The van der Waals surface area contributed by atoms with Gasteiger partial charge in [-0.15, -0.1) is 0 Å². The van der Waals surface area contributed by atoms with E-state index < -0.39 is 5.97 Å². The zero-order chi connectivity index (χ0) is 16.7. The van der Waals surface area contributed by atoms with E-state index in [0.29, 0.717) is 11.6 Å². The molecule has 120 valence electrons. The van der Waals surface area contributed by atoms with E-state index in [-0.39, 0.29) is 18.9 Å². The lowest BCUT2D eigenvalue weighted by Crippen LogP contribution is -2.36. The maximum Gasteiger partial charge on any atom is 0.325 e. The number of esters is 1. The van der Waals surface area contributed by atoms with Crippen LogP contribution in [0.1, 0.15) is 11.1 Å². The number of hydrogen-bond donors (Lipinski definition) is 0. The van der Waals surface area contributed by atoms with E-state index in [1.165, 1.54) is 12.0 Å². The topological polar surface area (TPSA) is 46.6 Å². The number of carbonyl (C=O) groups is 2. The zero-order valence-electron chi connectivity index (χ0n) is 12.9. The molecule has 0 atom stereocenters. The molecule has 0 saturated carbocycles. The van der Waals surface area contributed by atoms with Crippen molar-refractivity contribution in [3.8, 4) is 0 Å². The molecule has 0 spiro atoms. The molecule has 2 aromatic rings. The summed E-state index contributed by atoms with van der Waals surface area (Å²) in [5, 5.41) is 0.622. The molecule has 0 radical (unpaired) electrons. The molecule has 0 fully saturated rings. The molecule has 2 aromatic carbocycles. The summed E-state index contributed by atoms with van der Waals surface area (Å²) >= 11 is 5.85. The fraction of sp³-hybridized carbons (Fsp3) is 0.222. The largest absolute Gasteiger partial charge is 0.468 e. The molecule has 0 saturated heterocycles. The molecule has 0 bridgehead atoms. The van der Waals surface area contributed by atoms with E-state index in [9.17, 15) is 9.59 Å². The molecule has 5 heteroatoms. The lowest BCUT2D eigenvalue weighted by Gasteiger charge is -2.21. The second kappa shape index (κ2) is 8.34. The van der Waals surface area contributed by atoms with Crippen molar-refractivity contribution in [1.29, 1.82) is 0 Å². The third-order valence-electron chi connectivity index (χ3n) is 3.39. The van der Waals surface area contributed by atoms with E-state index in [1.807, 2.05) is 30.3 Å². The summed E-state index contributed by atoms with van der Waals surface area (Å²) in [6, 6.07) is 16.6. The number of halogens is 1. The summed E-state index contributed by atoms with van der Waals surface area (Å²) in [4.78, 5) is 25.6. The fourth-order valence-corrected chi connectivity index (χ4v) is 2.27. The summed E-state index contributed by atoms with van der Waals surface area (Å²) in [6.07, 6.45) is 0.209. The van der Waals surface area contributed by atoms with E-state index in [0.717, 1.165) is 11.1 Å². The number of ether oxygens (including phenoxy) is 1. The third-order valence-corrected chi connectivity index (χ3v) is 3.64. The second-order valence-corrected chi connectivity index (χ2v) is 5.55. The highest BCUT2D eigenvalue weighted by Crippen LogP contribution is 2.12. The Morgan fingerprint density at radius 2 is 1.65 bits per heavy atom. The van der Waals surface area contributed by atoms with E-state index in [1.54, 1.807) is 24.3 Å². The maximum absolute atomic E-state index is 12.5. The van der Waals surface area contributed by atoms with Gasteiger partial charge in [-0.2, -0.15) is 0 Å². The Hall–Kier alpha value is -2.33.